The second-order valence-electron chi connectivity index (χ2n) is 6.55. The van der Waals surface area contributed by atoms with Gasteiger partial charge in [0.25, 0.3) is 0 Å². The van der Waals surface area contributed by atoms with Crippen LogP contribution in [0.5, 0.6) is 0 Å². The molecular formula is C19H26FN3O. The number of nitrogens with one attached hydrogen (secondary N) is 1. The molecule has 1 aromatic heterocycles. The zero-order valence-electron chi connectivity index (χ0n) is 14.4. The van der Waals surface area contributed by atoms with E-state index < -0.39 is 0 Å². The Kier molecular flexibility index (Phi) is 5.63. The van der Waals surface area contributed by atoms with E-state index in [2.05, 4.69) is 30.3 Å². The average molecular weight is 331 g/mol. The smallest absolute Gasteiger partial charge is 0.123 e. The summed E-state index contributed by atoms with van der Waals surface area (Å²) in [6, 6.07) is 9.16. The van der Waals surface area contributed by atoms with Crippen molar-refractivity contribution in [1.82, 2.24) is 15.1 Å². The highest BCUT2D eigenvalue weighted by molar-refractivity contribution is 5.17. The van der Waals surface area contributed by atoms with E-state index in [0.717, 1.165) is 38.1 Å². The van der Waals surface area contributed by atoms with Crippen LogP contribution in [0.2, 0.25) is 0 Å². The van der Waals surface area contributed by atoms with Gasteiger partial charge < -0.3 is 10.1 Å². The second kappa shape index (κ2) is 7.90. The largest absolute Gasteiger partial charge is 0.372 e. The average Bonchev–Trinajstić information content (AvgIpc) is 3.23. The molecule has 0 bridgehead atoms. The molecule has 1 saturated heterocycles. The summed E-state index contributed by atoms with van der Waals surface area (Å²) >= 11 is 0. The molecule has 5 heteroatoms. The summed E-state index contributed by atoms with van der Waals surface area (Å²) in [6.45, 7) is 6.86. The zero-order valence-corrected chi connectivity index (χ0v) is 14.4. The van der Waals surface area contributed by atoms with Crippen LogP contribution in [0.15, 0.2) is 36.5 Å². The van der Waals surface area contributed by atoms with E-state index in [9.17, 15) is 4.39 Å². The molecule has 3 atom stereocenters. The van der Waals surface area contributed by atoms with Crippen molar-refractivity contribution in [2.24, 2.45) is 5.92 Å². The molecule has 1 aliphatic rings. The van der Waals surface area contributed by atoms with Gasteiger partial charge in [-0.05, 0) is 50.5 Å². The molecule has 3 rings (SSSR count). The molecule has 2 heterocycles. The summed E-state index contributed by atoms with van der Waals surface area (Å²) < 4.78 is 21.0. The maximum absolute atomic E-state index is 13.0. The van der Waals surface area contributed by atoms with Crippen molar-refractivity contribution in [2.45, 2.75) is 45.4 Å². The minimum Gasteiger partial charge on any atom is -0.372 e. The highest BCUT2D eigenvalue weighted by atomic mass is 19.1. The van der Waals surface area contributed by atoms with Crippen LogP contribution in [0, 0.1) is 11.7 Å². The molecule has 0 radical (unpaired) electrons. The van der Waals surface area contributed by atoms with Crippen LogP contribution in [-0.2, 0) is 17.7 Å². The van der Waals surface area contributed by atoms with Gasteiger partial charge in [0.2, 0.25) is 0 Å². The number of hydrogen-bond acceptors (Lipinski definition) is 3. The maximum Gasteiger partial charge on any atom is 0.123 e. The number of rotatable bonds is 7. The standard InChI is InChI=1S/C19H26FN3O/c1-3-23-18(8-10-22-23)19-16(9-11-24-19)13-21-14(2)12-15-4-6-17(20)7-5-15/h4-8,10,14,16,19,21H,3,9,11-13H2,1-2H3/t14-,16-,19+/m0/s1. The molecule has 1 aliphatic heterocycles. The lowest BCUT2D eigenvalue weighted by Crippen LogP contribution is -2.34. The quantitative estimate of drug-likeness (QED) is 0.846. The highest BCUT2D eigenvalue weighted by Crippen LogP contribution is 2.34. The van der Waals surface area contributed by atoms with Crippen LogP contribution in [0.4, 0.5) is 4.39 Å². The molecule has 130 valence electrons. The number of halogens is 1. The van der Waals surface area contributed by atoms with Crippen LogP contribution < -0.4 is 5.32 Å². The minimum atomic E-state index is -0.183. The fourth-order valence-corrected chi connectivity index (χ4v) is 3.42. The number of nitrogens with zero attached hydrogens (tertiary/aromatic N) is 2. The Balaban J connectivity index is 1.54. The first-order valence-corrected chi connectivity index (χ1v) is 8.78. The van der Waals surface area contributed by atoms with Gasteiger partial charge >= 0.3 is 0 Å². The Hall–Kier alpha value is -1.72. The molecule has 0 unspecified atom stereocenters. The number of benzene rings is 1. The first-order chi connectivity index (χ1) is 11.7. The van der Waals surface area contributed by atoms with Crippen LogP contribution in [0.1, 0.15) is 37.6 Å². The van der Waals surface area contributed by atoms with E-state index in [-0.39, 0.29) is 11.9 Å². The third-order valence-corrected chi connectivity index (χ3v) is 4.74. The topological polar surface area (TPSA) is 39.1 Å². The lowest BCUT2D eigenvalue weighted by atomic mass is 9.98. The first-order valence-electron chi connectivity index (χ1n) is 8.78. The molecule has 1 N–H and O–H groups in total. The monoisotopic (exact) mass is 331 g/mol. The van der Waals surface area contributed by atoms with E-state index in [1.165, 1.54) is 17.8 Å². The van der Waals surface area contributed by atoms with Crippen molar-refractivity contribution < 1.29 is 9.13 Å². The summed E-state index contributed by atoms with van der Waals surface area (Å²) in [5.74, 6) is 0.278. The molecule has 24 heavy (non-hydrogen) atoms. The fourth-order valence-electron chi connectivity index (χ4n) is 3.42. The summed E-state index contributed by atoms with van der Waals surface area (Å²) in [5.41, 5.74) is 2.33. The van der Waals surface area contributed by atoms with Crippen molar-refractivity contribution in [1.29, 1.82) is 0 Å². The Morgan fingerprint density at radius 2 is 2.12 bits per heavy atom. The van der Waals surface area contributed by atoms with Crippen LogP contribution in [0.3, 0.4) is 0 Å². The van der Waals surface area contributed by atoms with Gasteiger partial charge in [0.05, 0.1) is 5.69 Å². The van der Waals surface area contributed by atoms with Crippen LogP contribution >= 0.6 is 0 Å². The minimum absolute atomic E-state index is 0.123. The Bertz CT molecular complexity index is 640. The van der Waals surface area contributed by atoms with Gasteiger partial charge in [0, 0.05) is 37.9 Å². The Morgan fingerprint density at radius 3 is 2.88 bits per heavy atom. The summed E-state index contributed by atoms with van der Waals surface area (Å²) in [6.07, 6.45) is 3.93. The van der Waals surface area contributed by atoms with Crippen molar-refractivity contribution in [2.75, 3.05) is 13.2 Å². The van der Waals surface area contributed by atoms with Gasteiger partial charge in [-0.3, -0.25) is 4.68 Å². The van der Waals surface area contributed by atoms with Crippen molar-refractivity contribution in [3.8, 4) is 0 Å². The molecule has 0 saturated carbocycles. The predicted molar refractivity (Wildman–Crippen MR) is 92.3 cm³/mol. The van der Waals surface area contributed by atoms with Gasteiger partial charge in [-0.25, -0.2) is 4.39 Å². The molecule has 1 aromatic carbocycles. The van der Waals surface area contributed by atoms with E-state index in [4.69, 9.17) is 4.74 Å². The number of aromatic nitrogens is 2. The normalized spacial score (nSPS) is 22.0. The second-order valence-corrected chi connectivity index (χ2v) is 6.55. The highest BCUT2D eigenvalue weighted by Gasteiger charge is 2.31. The molecule has 0 amide bonds. The number of hydrogen-bond donors (Lipinski definition) is 1. The van der Waals surface area contributed by atoms with Crippen LogP contribution in [0.25, 0.3) is 0 Å². The summed E-state index contributed by atoms with van der Waals surface area (Å²) in [5, 5.41) is 7.97. The number of aryl methyl sites for hydroxylation is 1. The van der Waals surface area contributed by atoms with Gasteiger partial charge in [0.15, 0.2) is 0 Å². The molecule has 1 fully saturated rings. The van der Waals surface area contributed by atoms with E-state index in [1.807, 2.05) is 23.0 Å². The van der Waals surface area contributed by atoms with E-state index in [1.54, 1.807) is 0 Å². The van der Waals surface area contributed by atoms with Crippen molar-refractivity contribution >= 4 is 0 Å². The molecule has 2 aromatic rings. The lowest BCUT2D eigenvalue weighted by Gasteiger charge is -2.22. The SMILES string of the molecule is CCn1nccc1[C@@H]1OCC[C@H]1CN[C@@H](C)Cc1ccc(F)cc1. The van der Waals surface area contributed by atoms with Gasteiger partial charge in [-0.15, -0.1) is 0 Å². The summed E-state index contributed by atoms with van der Waals surface area (Å²) in [7, 11) is 0. The maximum atomic E-state index is 13.0. The number of ether oxygens (including phenoxy) is 1. The Labute approximate surface area is 143 Å². The van der Waals surface area contributed by atoms with Gasteiger partial charge in [-0.1, -0.05) is 12.1 Å². The zero-order chi connectivity index (χ0) is 16.9. The Morgan fingerprint density at radius 1 is 1.33 bits per heavy atom. The fraction of sp³-hybridized carbons (Fsp3) is 0.526. The van der Waals surface area contributed by atoms with E-state index in [0.29, 0.717) is 12.0 Å². The molecular weight excluding hydrogens is 305 g/mol. The molecule has 0 spiro atoms. The molecule has 0 aliphatic carbocycles. The van der Waals surface area contributed by atoms with Gasteiger partial charge in [-0.2, -0.15) is 5.10 Å². The third kappa shape index (κ3) is 4.02. The van der Waals surface area contributed by atoms with Crippen LogP contribution in [-0.4, -0.2) is 29.0 Å². The van der Waals surface area contributed by atoms with Crippen molar-refractivity contribution in [3.05, 3.63) is 53.6 Å². The first kappa shape index (κ1) is 17.1. The van der Waals surface area contributed by atoms with Crippen molar-refractivity contribution in [3.63, 3.8) is 0 Å². The third-order valence-electron chi connectivity index (χ3n) is 4.74. The lowest BCUT2D eigenvalue weighted by molar-refractivity contribution is 0.0825. The van der Waals surface area contributed by atoms with E-state index >= 15 is 0 Å². The summed E-state index contributed by atoms with van der Waals surface area (Å²) in [4.78, 5) is 0. The van der Waals surface area contributed by atoms with Gasteiger partial charge in [0.1, 0.15) is 11.9 Å². The molecule has 4 nitrogen and oxygen atoms in total. The predicted octanol–water partition coefficient (Wildman–Crippen LogP) is 3.34.